The third-order valence-corrected chi connectivity index (χ3v) is 6.29. The molecule has 0 unspecified atom stereocenters. The first-order valence-corrected chi connectivity index (χ1v) is 10.3. The van der Waals surface area contributed by atoms with Gasteiger partial charge in [-0.3, -0.25) is 9.69 Å². The number of carbonyl (C=O) groups is 1. The van der Waals surface area contributed by atoms with Crippen molar-refractivity contribution in [1.29, 1.82) is 0 Å². The van der Waals surface area contributed by atoms with Crippen LogP contribution in [0.2, 0.25) is 0 Å². The summed E-state index contributed by atoms with van der Waals surface area (Å²) in [5.74, 6) is 2.53. The largest absolute Gasteiger partial charge is 0.356 e. The molecule has 1 aromatic rings. The summed E-state index contributed by atoms with van der Waals surface area (Å²) in [5.41, 5.74) is 0. The van der Waals surface area contributed by atoms with Crippen LogP contribution in [-0.2, 0) is 4.79 Å². The molecule has 1 atom stereocenters. The molecule has 6 heteroatoms. The van der Waals surface area contributed by atoms with E-state index in [0.717, 1.165) is 76.6 Å². The van der Waals surface area contributed by atoms with Crippen molar-refractivity contribution >= 4 is 11.7 Å². The average molecular weight is 358 g/mol. The molecule has 0 aliphatic carbocycles. The topological polar surface area (TPSA) is 52.6 Å². The van der Waals surface area contributed by atoms with Crippen LogP contribution in [0.25, 0.3) is 0 Å². The van der Waals surface area contributed by atoms with E-state index in [0.29, 0.717) is 11.9 Å². The quantitative estimate of drug-likeness (QED) is 0.829. The van der Waals surface area contributed by atoms with Gasteiger partial charge in [-0.2, -0.15) is 0 Å². The zero-order valence-corrected chi connectivity index (χ0v) is 15.9. The lowest BCUT2D eigenvalue weighted by Crippen LogP contribution is -2.51. The van der Waals surface area contributed by atoms with Gasteiger partial charge in [0.15, 0.2) is 0 Å². The molecule has 3 fully saturated rings. The van der Waals surface area contributed by atoms with Crippen molar-refractivity contribution in [2.75, 3.05) is 44.2 Å². The number of aryl methyl sites for hydroxylation is 1. The van der Waals surface area contributed by atoms with Crippen LogP contribution in [0, 0.1) is 12.8 Å². The fraction of sp³-hybridized carbons (Fsp3) is 0.750. The summed E-state index contributed by atoms with van der Waals surface area (Å²) in [5, 5.41) is 0. The molecule has 3 saturated heterocycles. The Bertz CT molecular complexity index is 622. The zero-order valence-electron chi connectivity index (χ0n) is 15.9. The van der Waals surface area contributed by atoms with Crippen molar-refractivity contribution in [1.82, 2.24) is 19.8 Å². The monoisotopic (exact) mass is 357 g/mol. The van der Waals surface area contributed by atoms with Gasteiger partial charge in [0.05, 0.1) is 5.92 Å². The van der Waals surface area contributed by atoms with Gasteiger partial charge in [-0.05, 0) is 58.1 Å². The number of hydrogen-bond donors (Lipinski definition) is 0. The third kappa shape index (κ3) is 3.85. The summed E-state index contributed by atoms with van der Waals surface area (Å²) < 4.78 is 0. The van der Waals surface area contributed by atoms with Gasteiger partial charge in [0.2, 0.25) is 5.91 Å². The lowest BCUT2D eigenvalue weighted by Gasteiger charge is -2.42. The van der Waals surface area contributed by atoms with E-state index in [1.165, 1.54) is 12.8 Å². The molecule has 0 aromatic carbocycles. The molecule has 26 heavy (non-hydrogen) atoms. The van der Waals surface area contributed by atoms with Gasteiger partial charge in [0.25, 0.3) is 0 Å². The molecule has 0 N–H and O–H groups in total. The van der Waals surface area contributed by atoms with Gasteiger partial charge >= 0.3 is 0 Å². The number of amides is 1. The Hall–Kier alpha value is -1.69. The van der Waals surface area contributed by atoms with Crippen LogP contribution in [0.15, 0.2) is 12.3 Å². The van der Waals surface area contributed by atoms with Crippen molar-refractivity contribution in [3.05, 3.63) is 18.1 Å². The van der Waals surface area contributed by atoms with Gasteiger partial charge in [-0.1, -0.05) is 0 Å². The number of likely N-dealkylation sites (tertiary alicyclic amines) is 2. The highest BCUT2D eigenvalue weighted by Gasteiger charge is 2.34. The smallest absolute Gasteiger partial charge is 0.226 e. The average Bonchev–Trinajstić information content (AvgIpc) is 3.22. The van der Waals surface area contributed by atoms with Crippen LogP contribution in [0.1, 0.15) is 44.3 Å². The van der Waals surface area contributed by atoms with Crippen molar-refractivity contribution < 1.29 is 4.79 Å². The predicted octanol–water partition coefficient (Wildman–Crippen LogP) is 2.09. The van der Waals surface area contributed by atoms with Crippen molar-refractivity contribution in [3.8, 4) is 0 Å². The number of rotatable bonds is 3. The molecule has 1 amide bonds. The molecule has 3 aliphatic rings. The fourth-order valence-corrected chi connectivity index (χ4v) is 4.82. The van der Waals surface area contributed by atoms with Gasteiger partial charge in [-0.15, -0.1) is 0 Å². The minimum Gasteiger partial charge on any atom is -0.356 e. The normalized spacial score (nSPS) is 25.7. The Morgan fingerprint density at radius 3 is 2.54 bits per heavy atom. The summed E-state index contributed by atoms with van der Waals surface area (Å²) in [6.07, 6.45) is 8.77. The van der Waals surface area contributed by atoms with Gasteiger partial charge < -0.3 is 9.80 Å². The zero-order chi connectivity index (χ0) is 17.9. The second kappa shape index (κ2) is 7.91. The van der Waals surface area contributed by atoms with Crippen LogP contribution in [-0.4, -0.2) is 71.0 Å². The number of anilines is 1. The van der Waals surface area contributed by atoms with Gasteiger partial charge in [0.1, 0.15) is 11.6 Å². The maximum atomic E-state index is 12.8. The van der Waals surface area contributed by atoms with Gasteiger partial charge in [-0.25, -0.2) is 9.97 Å². The summed E-state index contributed by atoms with van der Waals surface area (Å²) >= 11 is 0. The molecule has 1 aromatic heterocycles. The van der Waals surface area contributed by atoms with Crippen LogP contribution < -0.4 is 4.90 Å². The van der Waals surface area contributed by atoms with Crippen molar-refractivity contribution in [2.45, 2.75) is 51.5 Å². The third-order valence-electron chi connectivity index (χ3n) is 6.29. The Kier molecular flexibility index (Phi) is 5.38. The fourth-order valence-electron chi connectivity index (χ4n) is 4.82. The minimum absolute atomic E-state index is 0.226. The second-order valence-electron chi connectivity index (χ2n) is 8.05. The highest BCUT2D eigenvalue weighted by atomic mass is 16.2. The van der Waals surface area contributed by atoms with E-state index in [-0.39, 0.29) is 5.92 Å². The number of piperidine rings is 2. The summed E-state index contributed by atoms with van der Waals surface area (Å²) in [4.78, 5) is 28.6. The maximum Gasteiger partial charge on any atom is 0.226 e. The maximum absolute atomic E-state index is 12.8. The second-order valence-corrected chi connectivity index (χ2v) is 8.05. The first kappa shape index (κ1) is 17.7. The molecule has 0 saturated carbocycles. The van der Waals surface area contributed by atoms with E-state index < -0.39 is 0 Å². The van der Waals surface area contributed by atoms with E-state index in [1.54, 1.807) is 0 Å². The Morgan fingerprint density at radius 1 is 1.04 bits per heavy atom. The lowest BCUT2D eigenvalue weighted by atomic mass is 9.93. The Morgan fingerprint density at radius 2 is 1.81 bits per heavy atom. The molecule has 4 rings (SSSR count). The van der Waals surface area contributed by atoms with E-state index >= 15 is 0 Å². The number of hydrogen-bond acceptors (Lipinski definition) is 5. The standard InChI is InChI=1S/C20H31N5O/c1-16-21-9-6-19(22-16)23-13-7-18(8-14-23)25-12-4-5-17(15-25)20(26)24-10-2-3-11-24/h6,9,17-18H,2-5,7-8,10-15H2,1H3/t17-/m1/s1. The summed E-state index contributed by atoms with van der Waals surface area (Å²) in [6.45, 7) is 8.11. The van der Waals surface area contributed by atoms with E-state index in [2.05, 4.69) is 24.7 Å². The van der Waals surface area contributed by atoms with E-state index in [9.17, 15) is 4.79 Å². The molecule has 0 spiro atoms. The molecule has 6 nitrogen and oxygen atoms in total. The highest BCUT2D eigenvalue weighted by Crippen LogP contribution is 2.27. The van der Waals surface area contributed by atoms with Crippen molar-refractivity contribution in [3.63, 3.8) is 0 Å². The molecule has 0 radical (unpaired) electrons. The molecule has 0 bridgehead atoms. The van der Waals surface area contributed by atoms with E-state index in [1.807, 2.05) is 19.2 Å². The van der Waals surface area contributed by atoms with E-state index in [4.69, 9.17) is 0 Å². The number of aromatic nitrogens is 2. The van der Waals surface area contributed by atoms with Crippen LogP contribution in [0.3, 0.4) is 0 Å². The lowest BCUT2D eigenvalue weighted by molar-refractivity contribution is -0.136. The molecule has 3 aliphatic heterocycles. The summed E-state index contributed by atoms with van der Waals surface area (Å²) in [6, 6.07) is 2.63. The molecule has 142 valence electrons. The summed E-state index contributed by atoms with van der Waals surface area (Å²) in [7, 11) is 0. The number of carbonyl (C=O) groups excluding carboxylic acids is 1. The predicted molar refractivity (Wildman–Crippen MR) is 102 cm³/mol. The minimum atomic E-state index is 0.226. The Balaban J connectivity index is 1.31. The first-order valence-electron chi connectivity index (χ1n) is 10.3. The van der Waals surface area contributed by atoms with Gasteiger partial charge in [0, 0.05) is 45.0 Å². The molecular weight excluding hydrogens is 326 g/mol. The van der Waals surface area contributed by atoms with Crippen LogP contribution >= 0.6 is 0 Å². The first-order chi connectivity index (χ1) is 12.7. The molecular formula is C20H31N5O. The van der Waals surface area contributed by atoms with Crippen LogP contribution in [0.4, 0.5) is 5.82 Å². The molecule has 4 heterocycles. The number of nitrogens with zero attached hydrogens (tertiary/aromatic N) is 5. The SMILES string of the molecule is Cc1nccc(N2CCC(N3CCC[C@@H](C(=O)N4CCCC4)C3)CC2)n1. The highest BCUT2D eigenvalue weighted by molar-refractivity contribution is 5.79. The Labute approximate surface area is 156 Å². The van der Waals surface area contributed by atoms with Crippen LogP contribution in [0.5, 0.6) is 0 Å². The van der Waals surface area contributed by atoms with Crippen molar-refractivity contribution in [2.24, 2.45) is 5.92 Å².